The Morgan fingerprint density at radius 3 is 2.51 bits per heavy atom. The zero-order valence-electron chi connectivity index (χ0n) is 17.2. The summed E-state index contributed by atoms with van der Waals surface area (Å²) in [6, 6.07) is 9.68. The number of amides is 1. The van der Waals surface area contributed by atoms with E-state index in [1.807, 2.05) is 0 Å². The van der Waals surface area contributed by atoms with Crippen molar-refractivity contribution in [3.63, 3.8) is 0 Å². The summed E-state index contributed by atoms with van der Waals surface area (Å²) in [4.78, 5) is 23.2. The molecule has 0 saturated heterocycles. The number of alkyl halides is 3. The molecule has 13 nitrogen and oxygen atoms in total. The fourth-order valence-corrected chi connectivity index (χ4v) is 3.00. The lowest BCUT2D eigenvalue weighted by Crippen LogP contribution is -2.20. The van der Waals surface area contributed by atoms with Gasteiger partial charge in [-0.2, -0.15) is 23.0 Å². The Labute approximate surface area is 192 Å². The number of carbonyl (C=O) groups excluding carboxylic acids is 1. The van der Waals surface area contributed by atoms with Crippen molar-refractivity contribution in [2.45, 2.75) is 6.18 Å². The fraction of sp³-hybridized carbons (Fsp3) is 0.0526. The van der Waals surface area contributed by atoms with Crippen LogP contribution in [-0.4, -0.2) is 42.4 Å². The molecule has 2 aromatic heterocycles. The Morgan fingerprint density at radius 1 is 1.17 bits per heavy atom. The Balaban J connectivity index is 1.69. The number of nitrogens with zero attached hydrogens (tertiary/aromatic N) is 7. The van der Waals surface area contributed by atoms with Crippen LogP contribution in [0.25, 0.3) is 17.1 Å². The Kier molecular flexibility index (Phi) is 5.92. The van der Waals surface area contributed by atoms with Gasteiger partial charge in [0, 0.05) is 23.3 Å². The van der Waals surface area contributed by atoms with E-state index in [4.69, 9.17) is 5.73 Å². The highest BCUT2D eigenvalue weighted by atomic mass is 19.4. The van der Waals surface area contributed by atoms with Gasteiger partial charge in [0.15, 0.2) is 5.69 Å². The van der Waals surface area contributed by atoms with E-state index in [0.717, 1.165) is 17.0 Å². The Hall–Kier alpha value is -5.15. The van der Waals surface area contributed by atoms with Gasteiger partial charge < -0.3 is 5.73 Å². The van der Waals surface area contributed by atoms with Crippen molar-refractivity contribution in [3.05, 3.63) is 75.5 Å². The third kappa shape index (κ3) is 4.65. The molecule has 4 rings (SSSR count). The number of anilines is 1. The first kappa shape index (κ1) is 23.0. The molecule has 0 radical (unpaired) electrons. The maximum Gasteiger partial charge on any atom is 0.417 e. The van der Waals surface area contributed by atoms with Crippen LogP contribution >= 0.6 is 0 Å². The van der Waals surface area contributed by atoms with E-state index in [1.165, 1.54) is 42.5 Å². The number of halogens is 3. The third-order valence-corrected chi connectivity index (χ3v) is 4.57. The zero-order valence-corrected chi connectivity index (χ0v) is 17.2. The van der Waals surface area contributed by atoms with Gasteiger partial charge >= 0.3 is 6.18 Å². The van der Waals surface area contributed by atoms with E-state index in [0.29, 0.717) is 0 Å². The minimum atomic E-state index is -4.62. The van der Waals surface area contributed by atoms with E-state index in [9.17, 15) is 28.1 Å². The molecule has 0 unspecified atom stereocenters. The summed E-state index contributed by atoms with van der Waals surface area (Å²) in [5, 5.41) is 29.2. The molecule has 2 heterocycles. The summed E-state index contributed by atoms with van der Waals surface area (Å²) in [7, 11) is 0. The highest BCUT2D eigenvalue weighted by Crippen LogP contribution is 2.31. The number of non-ortho nitro benzene ring substituents is 1. The summed E-state index contributed by atoms with van der Waals surface area (Å²) < 4.78 is 45.0. The summed E-state index contributed by atoms with van der Waals surface area (Å²) >= 11 is 0. The number of carbonyl (C=O) groups is 1. The summed E-state index contributed by atoms with van der Waals surface area (Å²) in [5.41, 5.74) is 6.27. The minimum Gasteiger partial charge on any atom is -0.378 e. The normalized spacial score (nSPS) is 11.6. The highest BCUT2D eigenvalue weighted by Gasteiger charge is 2.32. The summed E-state index contributed by atoms with van der Waals surface area (Å²) in [5.74, 6) is -1.25. The maximum atomic E-state index is 13.1. The molecule has 4 aromatic rings. The number of hydrogen-bond donors (Lipinski definition) is 2. The second-order valence-corrected chi connectivity index (χ2v) is 6.76. The highest BCUT2D eigenvalue weighted by molar-refractivity contribution is 5.99. The van der Waals surface area contributed by atoms with Crippen LogP contribution in [0.1, 0.15) is 21.6 Å². The Bertz CT molecular complexity index is 1430. The topological polar surface area (TPSA) is 180 Å². The van der Waals surface area contributed by atoms with Gasteiger partial charge in [0.1, 0.15) is 5.69 Å². The van der Waals surface area contributed by atoms with Crippen molar-refractivity contribution in [1.82, 2.24) is 30.7 Å². The molecule has 0 aliphatic rings. The molecule has 0 aliphatic carbocycles. The van der Waals surface area contributed by atoms with Crippen LogP contribution in [0.3, 0.4) is 0 Å². The van der Waals surface area contributed by atoms with Gasteiger partial charge in [-0.3, -0.25) is 14.9 Å². The number of nitro groups is 1. The molecule has 3 N–H and O–H groups in total. The minimum absolute atomic E-state index is 0.00862. The van der Waals surface area contributed by atoms with Crippen molar-refractivity contribution in [2.24, 2.45) is 5.10 Å². The van der Waals surface area contributed by atoms with Gasteiger partial charge in [0.05, 0.1) is 16.7 Å². The number of nitrogens with one attached hydrogen (secondary N) is 1. The number of rotatable bonds is 6. The van der Waals surface area contributed by atoms with Crippen LogP contribution < -0.4 is 11.2 Å². The largest absolute Gasteiger partial charge is 0.417 e. The fourth-order valence-electron chi connectivity index (χ4n) is 3.00. The standard InChI is InChI=1S/C19H12F3N9O4/c20-19(21,22)13-4-2-1-3-11(13)9-24-26-18(32)14-15(10-5-7-12(8-6-10)31(33)34)30(29-25-14)17-16(23)27-35-28-17/h1-9H,(H2,23,27)(H,26,32)/b24-9-. The SMILES string of the molecule is Nc1nonc1-n1nnc(C(=O)N/N=C\c2ccccc2C(F)(F)F)c1-c1ccc([N+](=O)[O-])cc1. The van der Waals surface area contributed by atoms with Crippen LogP contribution in [0.5, 0.6) is 0 Å². The monoisotopic (exact) mass is 487 g/mol. The number of nitrogens with two attached hydrogens (primary N) is 1. The van der Waals surface area contributed by atoms with E-state index < -0.39 is 22.6 Å². The predicted octanol–water partition coefficient (Wildman–Crippen LogP) is 2.59. The smallest absolute Gasteiger partial charge is 0.378 e. The summed E-state index contributed by atoms with van der Waals surface area (Å²) in [6.07, 6.45) is -3.79. The zero-order chi connectivity index (χ0) is 25.2. The van der Waals surface area contributed by atoms with Crippen LogP contribution in [0.15, 0.2) is 58.3 Å². The van der Waals surface area contributed by atoms with Gasteiger partial charge in [-0.15, -0.1) is 5.10 Å². The average Bonchev–Trinajstić information content (AvgIpc) is 3.44. The van der Waals surface area contributed by atoms with Crippen LogP contribution in [0.4, 0.5) is 24.7 Å². The maximum absolute atomic E-state index is 13.1. The lowest BCUT2D eigenvalue weighted by molar-refractivity contribution is -0.384. The molecule has 1 amide bonds. The summed E-state index contributed by atoms with van der Waals surface area (Å²) in [6.45, 7) is 0. The molecule has 178 valence electrons. The molecule has 0 fully saturated rings. The molecule has 35 heavy (non-hydrogen) atoms. The van der Waals surface area contributed by atoms with Crippen LogP contribution in [0.2, 0.25) is 0 Å². The number of hydrazone groups is 1. The predicted molar refractivity (Wildman–Crippen MR) is 112 cm³/mol. The van der Waals surface area contributed by atoms with Crippen molar-refractivity contribution in [3.8, 4) is 17.1 Å². The first-order valence-corrected chi connectivity index (χ1v) is 9.45. The van der Waals surface area contributed by atoms with Crippen molar-refractivity contribution in [2.75, 3.05) is 5.73 Å². The van der Waals surface area contributed by atoms with Crippen LogP contribution in [-0.2, 0) is 6.18 Å². The second kappa shape index (κ2) is 9.00. The third-order valence-electron chi connectivity index (χ3n) is 4.57. The Morgan fingerprint density at radius 2 is 1.89 bits per heavy atom. The van der Waals surface area contributed by atoms with E-state index in [1.54, 1.807) is 0 Å². The number of nitro benzene ring substituents is 1. The molecular weight excluding hydrogens is 475 g/mol. The van der Waals surface area contributed by atoms with E-state index in [-0.39, 0.29) is 39.8 Å². The van der Waals surface area contributed by atoms with Gasteiger partial charge in [-0.05, 0) is 28.5 Å². The number of hydrogen-bond acceptors (Lipinski definition) is 10. The second-order valence-electron chi connectivity index (χ2n) is 6.76. The molecular formula is C19H12F3N9O4. The van der Waals surface area contributed by atoms with Crippen molar-refractivity contribution >= 4 is 23.6 Å². The molecule has 0 bridgehead atoms. The van der Waals surface area contributed by atoms with Crippen molar-refractivity contribution in [1.29, 1.82) is 0 Å². The van der Waals surface area contributed by atoms with Gasteiger partial charge in [0.25, 0.3) is 11.6 Å². The number of nitrogen functional groups attached to an aromatic ring is 1. The van der Waals surface area contributed by atoms with Crippen LogP contribution in [0, 0.1) is 10.1 Å². The first-order valence-electron chi connectivity index (χ1n) is 9.45. The molecule has 16 heteroatoms. The average molecular weight is 487 g/mol. The molecule has 0 atom stereocenters. The molecule has 0 aliphatic heterocycles. The van der Waals surface area contributed by atoms with Gasteiger partial charge in [-0.25, -0.2) is 10.1 Å². The number of benzene rings is 2. The van der Waals surface area contributed by atoms with Gasteiger partial charge in [-0.1, -0.05) is 23.4 Å². The van der Waals surface area contributed by atoms with Gasteiger partial charge in [0.2, 0.25) is 11.6 Å². The first-order chi connectivity index (χ1) is 16.7. The lowest BCUT2D eigenvalue weighted by Gasteiger charge is -2.09. The molecule has 0 saturated carbocycles. The van der Waals surface area contributed by atoms with E-state index in [2.05, 4.69) is 35.8 Å². The van der Waals surface area contributed by atoms with Crippen molar-refractivity contribution < 1.29 is 27.5 Å². The molecule has 2 aromatic carbocycles. The molecule has 0 spiro atoms. The quantitative estimate of drug-likeness (QED) is 0.235. The number of aromatic nitrogens is 5. The van der Waals surface area contributed by atoms with E-state index >= 15 is 0 Å². The lowest BCUT2D eigenvalue weighted by atomic mass is 10.1.